The summed E-state index contributed by atoms with van der Waals surface area (Å²) < 4.78 is 0. The second-order valence-corrected chi connectivity index (χ2v) is 2.18. The van der Waals surface area contributed by atoms with Gasteiger partial charge in [-0.15, -0.1) is 12.4 Å². The predicted molar refractivity (Wildman–Crippen MR) is 52.7 cm³/mol. The Hall–Kier alpha value is -0.740. The molecular formula is C6H11Cl2N3O. The number of primary amides is 1. The van der Waals surface area contributed by atoms with Gasteiger partial charge in [-0.2, -0.15) is 5.10 Å². The van der Waals surface area contributed by atoms with Crippen molar-refractivity contribution in [1.82, 2.24) is 5.43 Å². The summed E-state index contributed by atoms with van der Waals surface area (Å²) >= 11 is 5.38. The van der Waals surface area contributed by atoms with Crippen LogP contribution in [-0.2, 0) is 0 Å². The lowest BCUT2D eigenvalue weighted by molar-refractivity contribution is 0.249. The lowest BCUT2D eigenvalue weighted by Gasteiger charge is -1.97. The van der Waals surface area contributed by atoms with E-state index < -0.39 is 6.03 Å². The summed E-state index contributed by atoms with van der Waals surface area (Å²) in [5, 5.41) is 3.63. The highest BCUT2D eigenvalue weighted by Crippen LogP contribution is 1.97. The summed E-state index contributed by atoms with van der Waals surface area (Å²) in [6.45, 7) is 3.48. The van der Waals surface area contributed by atoms with Crippen LogP contribution < -0.4 is 11.2 Å². The Bertz CT molecular complexity index is 213. The number of hydrogen-bond donors (Lipinski definition) is 2. The van der Waals surface area contributed by atoms with Gasteiger partial charge in [-0.25, -0.2) is 10.2 Å². The number of nitrogens with two attached hydrogens (primary N) is 1. The highest BCUT2D eigenvalue weighted by molar-refractivity contribution is 6.27. The SMILES string of the molecule is CC(=C\Cl)/C(C)=N/NC(N)=O.Cl. The van der Waals surface area contributed by atoms with E-state index in [1.54, 1.807) is 13.8 Å². The molecule has 0 aromatic rings. The van der Waals surface area contributed by atoms with Crippen LogP contribution in [0.3, 0.4) is 0 Å². The van der Waals surface area contributed by atoms with Crippen molar-refractivity contribution in [2.45, 2.75) is 13.8 Å². The molecule has 0 aliphatic carbocycles. The van der Waals surface area contributed by atoms with Crippen molar-refractivity contribution >= 4 is 35.8 Å². The van der Waals surface area contributed by atoms with Crippen LogP contribution >= 0.6 is 24.0 Å². The largest absolute Gasteiger partial charge is 0.350 e. The van der Waals surface area contributed by atoms with Crippen LogP contribution in [0.25, 0.3) is 0 Å². The Morgan fingerprint density at radius 3 is 2.42 bits per heavy atom. The number of nitrogens with zero attached hydrogens (tertiary/aromatic N) is 1. The monoisotopic (exact) mass is 211 g/mol. The number of rotatable bonds is 2. The van der Waals surface area contributed by atoms with Gasteiger partial charge in [-0.05, 0) is 19.4 Å². The van der Waals surface area contributed by atoms with Crippen LogP contribution in [0.2, 0.25) is 0 Å². The van der Waals surface area contributed by atoms with Crippen LogP contribution in [0, 0.1) is 0 Å². The quantitative estimate of drug-likeness (QED) is 0.529. The van der Waals surface area contributed by atoms with E-state index in [0.29, 0.717) is 5.71 Å². The number of allylic oxidation sites excluding steroid dienone is 1. The molecule has 0 aliphatic rings. The molecule has 70 valence electrons. The normalized spacial score (nSPS) is 11.9. The average Bonchev–Trinajstić information content (AvgIpc) is 1.98. The van der Waals surface area contributed by atoms with Gasteiger partial charge < -0.3 is 5.73 Å². The maximum atomic E-state index is 10.2. The average molecular weight is 212 g/mol. The van der Waals surface area contributed by atoms with E-state index in [0.717, 1.165) is 5.57 Å². The van der Waals surface area contributed by atoms with Crippen molar-refractivity contribution in [3.8, 4) is 0 Å². The smallest absolute Gasteiger partial charge is 0.332 e. The molecule has 0 aromatic heterocycles. The fourth-order valence-corrected chi connectivity index (χ4v) is 0.464. The van der Waals surface area contributed by atoms with E-state index in [2.05, 4.69) is 10.5 Å². The first kappa shape index (κ1) is 13.8. The number of urea groups is 1. The van der Waals surface area contributed by atoms with Crippen LogP contribution in [-0.4, -0.2) is 11.7 Å². The molecule has 3 N–H and O–H groups in total. The van der Waals surface area contributed by atoms with E-state index in [-0.39, 0.29) is 12.4 Å². The number of carbonyl (C=O) groups excluding carboxylic acids is 1. The van der Waals surface area contributed by atoms with E-state index in [1.165, 1.54) is 5.54 Å². The zero-order valence-electron chi connectivity index (χ0n) is 6.80. The molecule has 0 aliphatic heterocycles. The third-order valence-electron chi connectivity index (χ3n) is 1.07. The molecule has 2 amide bonds. The van der Waals surface area contributed by atoms with E-state index >= 15 is 0 Å². The van der Waals surface area contributed by atoms with Gasteiger partial charge in [-0.3, -0.25) is 0 Å². The van der Waals surface area contributed by atoms with Crippen molar-refractivity contribution < 1.29 is 4.79 Å². The Morgan fingerprint density at radius 1 is 1.58 bits per heavy atom. The first-order chi connectivity index (χ1) is 5.07. The van der Waals surface area contributed by atoms with Gasteiger partial charge in [0.2, 0.25) is 0 Å². The molecule has 0 atom stereocenters. The first-order valence-electron chi connectivity index (χ1n) is 2.95. The molecule has 0 bridgehead atoms. The minimum atomic E-state index is -0.688. The van der Waals surface area contributed by atoms with Gasteiger partial charge >= 0.3 is 6.03 Å². The molecule has 0 saturated carbocycles. The molecule has 6 heteroatoms. The standard InChI is InChI=1S/C6H10ClN3O.ClH/c1-4(3-7)5(2)9-10-6(8)11;/h3H,1-2H3,(H3,8,10,11);1H/b4-3+,9-5+;. The van der Waals surface area contributed by atoms with Crippen molar-refractivity contribution in [2.24, 2.45) is 10.8 Å². The lowest BCUT2D eigenvalue weighted by Crippen LogP contribution is -2.25. The maximum absolute atomic E-state index is 10.2. The number of nitrogens with one attached hydrogen (secondary N) is 1. The molecule has 12 heavy (non-hydrogen) atoms. The van der Waals surface area contributed by atoms with Gasteiger partial charge in [0.1, 0.15) is 0 Å². The van der Waals surface area contributed by atoms with Gasteiger partial charge in [-0.1, -0.05) is 11.6 Å². The lowest BCUT2D eigenvalue weighted by atomic mass is 10.2. The van der Waals surface area contributed by atoms with Gasteiger partial charge in [0.15, 0.2) is 0 Å². The Morgan fingerprint density at radius 2 is 2.08 bits per heavy atom. The summed E-state index contributed by atoms with van der Waals surface area (Å²) in [5.74, 6) is 0. The first-order valence-corrected chi connectivity index (χ1v) is 3.38. The number of hydrogen-bond acceptors (Lipinski definition) is 2. The highest BCUT2D eigenvalue weighted by Gasteiger charge is 1.93. The minimum Gasteiger partial charge on any atom is -0.350 e. The number of amides is 2. The fraction of sp³-hybridized carbons (Fsp3) is 0.333. The van der Waals surface area contributed by atoms with Crippen molar-refractivity contribution in [3.05, 3.63) is 11.1 Å². The summed E-state index contributed by atoms with van der Waals surface area (Å²) in [4.78, 5) is 10.2. The molecule has 0 rings (SSSR count). The van der Waals surface area contributed by atoms with Crippen LogP contribution in [0.1, 0.15) is 13.8 Å². The molecule has 0 heterocycles. The van der Waals surface area contributed by atoms with Crippen molar-refractivity contribution in [2.75, 3.05) is 0 Å². The van der Waals surface area contributed by atoms with Gasteiger partial charge in [0.25, 0.3) is 0 Å². The molecule has 0 saturated heterocycles. The van der Waals surface area contributed by atoms with Crippen LogP contribution in [0.4, 0.5) is 4.79 Å². The zero-order chi connectivity index (χ0) is 8.85. The predicted octanol–water partition coefficient (Wildman–Crippen LogP) is 1.60. The van der Waals surface area contributed by atoms with Crippen LogP contribution in [0.5, 0.6) is 0 Å². The van der Waals surface area contributed by atoms with E-state index in [9.17, 15) is 4.79 Å². The van der Waals surface area contributed by atoms with Gasteiger partial charge in [0.05, 0.1) is 5.71 Å². The third-order valence-corrected chi connectivity index (χ3v) is 1.40. The third kappa shape index (κ3) is 6.00. The topological polar surface area (TPSA) is 67.5 Å². The second kappa shape index (κ2) is 6.94. The van der Waals surface area contributed by atoms with Crippen LogP contribution in [0.15, 0.2) is 16.2 Å². The van der Waals surface area contributed by atoms with Gasteiger partial charge in [0, 0.05) is 5.54 Å². The number of hydrazone groups is 1. The van der Waals surface area contributed by atoms with Crippen molar-refractivity contribution in [3.63, 3.8) is 0 Å². The maximum Gasteiger partial charge on any atom is 0.332 e. The summed E-state index contributed by atoms with van der Waals surface area (Å²) in [6, 6.07) is -0.688. The molecule has 0 radical (unpaired) electrons. The molecular weight excluding hydrogens is 201 g/mol. The molecule has 0 fully saturated rings. The van der Waals surface area contributed by atoms with E-state index in [1.807, 2.05) is 0 Å². The Balaban J connectivity index is 0. The second-order valence-electron chi connectivity index (χ2n) is 1.97. The highest BCUT2D eigenvalue weighted by atomic mass is 35.5. The molecule has 0 unspecified atom stereocenters. The number of halogens is 2. The number of carbonyl (C=O) groups is 1. The minimum absolute atomic E-state index is 0. The summed E-state index contributed by atoms with van der Waals surface area (Å²) in [5.41, 5.74) is 9.64. The summed E-state index contributed by atoms with van der Waals surface area (Å²) in [7, 11) is 0. The van der Waals surface area contributed by atoms with Crippen molar-refractivity contribution in [1.29, 1.82) is 0 Å². The molecule has 0 aromatic carbocycles. The molecule has 0 spiro atoms. The molecule has 4 nitrogen and oxygen atoms in total. The summed E-state index contributed by atoms with van der Waals surface area (Å²) in [6.07, 6.45) is 0. The Labute approximate surface area is 82.2 Å². The van der Waals surface area contributed by atoms with E-state index in [4.69, 9.17) is 17.3 Å². The zero-order valence-corrected chi connectivity index (χ0v) is 8.37. The Kier molecular flexibility index (Phi) is 7.99. The fourth-order valence-electron chi connectivity index (χ4n) is 0.306.